The normalized spacial score (nSPS) is 20.4. The number of carbonyl (C=O) groups excluding carboxylic acids is 1. The fourth-order valence-electron chi connectivity index (χ4n) is 6.27. The van der Waals surface area contributed by atoms with Crippen LogP contribution < -0.4 is 30.9 Å². The van der Waals surface area contributed by atoms with Gasteiger partial charge in [-0.05, 0) is 36.1 Å². The number of likely N-dealkylation sites (tertiary alicyclic amines) is 1. The van der Waals surface area contributed by atoms with E-state index in [4.69, 9.17) is 24.4 Å². The maximum Gasteiger partial charge on any atom is 0.250 e. The van der Waals surface area contributed by atoms with E-state index in [1.165, 1.54) is 13.2 Å². The van der Waals surface area contributed by atoms with Crippen molar-refractivity contribution in [2.75, 3.05) is 33.4 Å². The molecular weight excluding hydrogens is 518 g/mol. The molecule has 3 aliphatic heterocycles. The van der Waals surface area contributed by atoms with E-state index in [0.29, 0.717) is 67.3 Å². The van der Waals surface area contributed by atoms with Crippen molar-refractivity contribution in [3.63, 3.8) is 0 Å². The van der Waals surface area contributed by atoms with Crippen LogP contribution in [-0.4, -0.2) is 53.9 Å². The van der Waals surface area contributed by atoms with Gasteiger partial charge in [-0.3, -0.25) is 19.3 Å². The van der Waals surface area contributed by atoms with Gasteiger partial charge in [0.15, 0.2) is 17.3 Å². The highest BCUT2D eigenvalue weighted by Crippen LogP contribution is 2.44. The van der Waals surface area contributed by atoms with Crippen molar-refractivity contribution in [3.05, 3.63) is 79.8 Å². The number of amides is 1. The quantitative estimate of drug-likeness (QED) is 0.451. The van der Waals surface area contributed by atoms with E-state index in [9.17, 15) is 19.5 Å². The van der Waals surface area contributed by atoms with Crippen molar-refractivity contribution in [1.82, 2.24) is 9.47 Å². The molecular formula is C29H31N3O8. The minimum Gasteiger partial charge on any atom is -0.502 e. The number of carbonyl (C=O) groups is 1. The average molecular weight is 550 g/mol. The number of nitrogens with zero attached hydrogens (tertiary/aromatic N) is 2. The van der Waals surface area contributed by atoms with Crippen molar-refractivity contribution in [1.29, 1.82) is 0 Å². The molecule has 0 aliphatic carbocycles. The SMILES string of the molecule is COc1cc([C@@H](CC(N)=O)c2oc(CN3C[C@H]4C[C@@H](C3)c3cccc(=O)n3C4)cc(=O)c2O)cc2c1OCCO2. The van der Waals surface area contributed by atoms with Gasteiger partial charge >= 0.3 is 0 Å². The monoisotopic (exact) mass is 549 g/mol. The number of rotatable bonds is 7. The van der Waals surface area contributed by atoms with Crippen LogP contribution in [0.25, 0.3) is 0 Å². The first-order valence-corrected chi connectivity index (χ1v) is 13.3. The number of aromatic nitrogens is 1. The van der Waals surface area contributed by atoms with Crippen molar-refractivity contribution in [3.8, 4) is 23.0 Å². The topological polar surface area (TPSA) is 146 Å². The van der Waals surface area contributed by atoms with E-state index in [1.54, 1.807) is 24.3 Å². The third-order valence-corrected chi connectivity index (χ3v) is 7.91. The number of ether oxygens (including phenoxy) is 3. The van der Waals surface area contributed by atoms with Crippen LogP contribution in [0.1, 0.15) is 47.5 Å². The summed E-state index contributed by atoms with van der Waals surface area (Å²) in [4.78, 5) is 39.6. The first kappa shape index (κ1) is 26.0. The zero-order valence-electron chi connectivity index (χ0n) is 22.1. The van der Waals surface area contributed by atoms with Crippen LogP contribution in [0, 0.1) is 5.92 Å². The Bertz CT molecular complexity index is 1560. The number of nitrogens with two attached hydrogens (primary N) is 1. The Labute approximate surface area is 229 Å². The highest BCUT2D eigenvalue weighted by molar-refractivity contribution is 5.75. The van der Waals surface area contributed by atoms with Gasteiger partial charge in [-0.15, -0.1) is 0 Å². The van der Waals surface area contributed by atoms with E-state index in [0.717, 1.165) is 18.7 Å². The lowest BCUT2D eigenvalue weighted by atomic mass is 9.83. The summed E-state index contributed by atoms with van der Waals surface area (Å²) in [5.74, 6) is -0.0252. The second-order valence-electron chi connectivity index (χ2n) is 10.7. The number of benzene rings is 1. The number of aromatic hydroxyl groups is 1. The van der Waals surface area contributed by atoms with Crippen LogP contribution in [-0.2, 0) is 17.9 Å². The second kappa shape index (κ2) is 10.4. The van der Waals surface area contributed by atoms with E-state index < -0.39 is 23.0 Å². The van der Waals surface area contributed by atoms with Crippen LogP contribution in [0.3, 0.4) is 0 Å². The van der Waals surface area contributed by atoms with Gasteiger partial charge in [-0.25, -0.2) is 0 Å². The standard InChI is InChI=1S/C29H31N3O8/c1-37-23-8-17(9-24-29(23)39-6-5-38-24)20(11-25(30)34)28-27(36)22(33)10-19(40-28)15-31-12-16-7-18(14-31)21-3-2-4-26(35)32(21)13-16/h2-4,8-10,16,18,20,36H,5-7,11-15H2,1H3,(H2,30,34)/t16-,18+,20-/m1/s1. The van der Waals surface area contributed by atoms with Gasteiger partial charge in [-0.1, -0.05) is 6.07 Å². The predicted octanol–water partition coefficient (Wildman–Crippen LogP) is 1.91. The fourth-order valence-corrected chi connectivity index (χ4v) is 6.27. The molecule has 210 valence electrons. The van der Waals surface area contributed by atoms with Gasteiger partial charge in [0.2, 0.25) is 22.8 Å². The Morgan fingerprint density at radius 3 is 2.77 bits per heavy atom. The number of primary amides is 1. The zero-order valence-corrected chi connectivity index (χ0v) is 22.1. The van der Waals surface area contributed by atoms with Gasteiger partial charge in [0.05, 0.1) is 19.6 Å². The Morgan fingerprint density at radius 1 is 1.15 bits per heavy atom. The number of hydrogen-bond donors (Lipinski definition) is 2. The molecule has 1 aromatic carbocycles. The summed E-state index contributed by atoms with van der Waals surface area (Å²) in [5, 5.41) is 10.8. The molecule has 3 N–H and O–H groups in total. The van der Waals surface area contributed by atoms with Gasteiger partial charge in [0.25, 0.3) is 5.56 Å². The molecule has 11 heteroatoms. The minimum atomic E-state index is -0.866. The molecule has 1 fully saturated rings. The maximum atomic E-state index is 12.9. The summed E-state index contributed by atoms with van der Waals surface area (Å²) < 4.78 is 24.9. The maximum absolute atomic E-state index is 12.9. The number of piperidine rings is 1. The van der Waals surface area contributed by atoms with Crippen molar-refractivity contribution in [2.45, 2.75) is 37.8 Å². The van der Waals surface area contributed by atoms with Crippen LogP contribution in [0.15, 0.2) is 50.4 Å². The summed E-state index contributed by atoms with van der Waals surface area (Å²) in [5.41, 5.74) is 6.55. The molecule has 2 bridgehead atoms. The van der Waals surface area contributed by atoms with Crippen LogP contribution in [0.2, 0.25) is 0 Å². The number of pyridine rings is 1. The minimum absolute atomic E-state index is 0.0195. The molecule has 3 aromatic rings. The first-order chi connectivity index (χ1) is 19.3. The summed E-state index contributed by atoms with van der Waals surface area (Å²) in [6, 6.07) is 10.0. The lowest BCUT2D eigenvalue weighted by Gasteiger charge is -2.42. The molecule has 0 unspecified atom stereocenters. The third-order valence-electron chi connectivity index (χ3n) is 7.91. The van der Waals surface area contributed by atoms with Crippen molar-refractivity contribution >= 4 is 5.91 Å². The van der Waals surface area contributed by atoms with Crippen molar-refractivity contribution < 1.29 is 28.5 Å². The number of methoxy groups -OCH3 is 1. The third kappa shape index (κ3) is 4.81. The zero-order chi connectivity index (χ0) is 28.0. The highest BCUT2D eigenvalue weighted by Gasteiger charge is 2.35. The summed E-state index contributed by atoms with van der Waals surface area (Å²) in [6.45, 7) is 3.13. The average Bonchev–Trinajstić information content (AvgIpc) is 2.93. The van der Waals surface area contributed by atoms with E-state index in [-0.39, 0.29) is 23.7 Å². The van der Waals surface area contributed by atoms with E-state index >= 15 is 0 Å². The lowest BCUT2D eigenvalue weighted by molar-refractivity contribution is -0.118. The Balaban J connectivity index is 1.33. The molecule has 1 amide bonds. The molecule has 5 heterocycles. The molecule has 2 aromatic heterocycles. The van der Waals surface area contributed by atoms with E-state index in [1.807, 2.05) is 10.6 Å². The van der Waals surface area contributed by atoms with Crippen LogP contribution in [0.4, 0.5) is 0 Å². The number of hydrogen-bond acceptors (Lipinski definition) is 9. The molecule has 3 aliphatic rings. The largest absolute Gasteiger partial charge is 0.502 e. The molecule has 0 radical (unpaired) electrons. The van der Waals surface area contributed by atoms with Gasteiger partial charge in [0, 0.05) is 49.8 Å². The molecule has 6 rings (SSSR count). The molecule has 11 nitrogen and oxygen atoms in total. The second-order valence-corrected chi connectivity index (χ2v) is 10.7. The smallest absolute Gasteiger partial charge is 0.250 e. The molecule has 0 saturated carbocycles. The molecule has 40 heavy (non-hydrogen) atoms. The van der Waals surface area contributed by atoms with Gasteiger partial charge in [-0.2, -0.15) is 0 Å². The van der Waals surface area contributed by atoms with Gasteiger partial charge < -0.3 is 34.0 Å². The number of fused-ring (bicyclic) bond motifs is 5. The lowest BCUT2D eigenvalue weighted by Crippen LogP contribution is -2.46. The summed E-state index contributed by atoms with van der Waals surface area (Å²) >= 11 is 0. The Kier molecular flexibility index (Phi) is 6.75. The molecule has 3 atom stereocenters. The first-order valence-electron chi connectivity index (χ1n) is 13.3. The Morgan fingerprint density at radius 2 is 1.98 bits per heavy atom. The highest BCUT2D eigenvalue weighted by atomic mass is 16.6. The summed E-state index contributed by atoms with van der Waals surface area (Å²) in [6.07, 6.45) is 0.777. The van der Waals surface area contributed by atoms with E-state index in [2.05, 4.69) is 4.90 Å². The fraction of sp³-hybridized carbons (Fsp3) is 0.414. The van der Waals surface area contributed by atoms with Crippen molar-refractivity contribution in [2.24, 2.45) is 11.7 Å². The van der Waals surface area contributed by atoms with Crippen LogP contribution in [0.5, 0.6) is 23.0 Å². The van der Waals surface area contributed by atoms with Crippen LogP contribution >= 0.6 is 0 Å². The Hall–Kier alpha value is -4.25. The molecule has 0 spiro atoms. The summed E-state index contributed by atoms with van der Waals surface area (Å²) in [7, 11) is 1.49. The van der Waals surface area contributed by atoms with Gasteiger partial charge in [0.1, 0.15) is 19.0 Å². The molecule has 1 saturated heterocycles. The predicted molar refractivity (Wildman–Crippen MR) is 143 cm³/mol.